The maximum Gasteiger partial charge on any atom is 0.442 e. The summed E-state index contributed by atoms with van der Waals surface area (Å²) in [6, 6.07) is 0. The van der Waals surface area contributed by atoms with E-state index in [1.54, 1.807) is 0 Å². The molecule has 0 aromatic rings. The highest BCUT2D eigenvalue weighted by Crippen LogP contribution is 2.37. The molecule has 4 heteroatoms. The van der Waals surface area contributed by atoms with Crippen molar-refractivity contribution in [2.24, 2.45) is 0 Å². The number of hydrogen-bond donors (Lipinski definition) is 0. The van der Waals surface area contributed by atoms with E-state index in [0.29, 0.717) is 12.8 Å². The van der Waals surface area contributed by atoms with Gasteiger partial charge in [-0.05, 0) is 24.6 Å². The Balaban J connectivity index is 3.84. The summed E-state index contributed by atoms with van der Waals surface area (Å²) in [6.45, 7) is 4.02. The molecule has 0 bridgehead atoms. The molecule has 0 unspecified atom stereocenters. The number of halogens is 3. The molecule has 0 radical (unpaired) electrons. The predicted octanol–water partition coefficient (Wildman–Crippen LogP) is 4.99. The first kappa shape index (κ1) is 14.1. The topological polar surface area (TPSA) is 0 Å². The summed E-state index contributed by atoms with van der Waals surface area (Å²) in [6.07, 6.45) is 5.14. The van der Waals surface area contributed by atoms with Gasteiger partial charge in [0.15, 0.2) is 0 Å². The minimum Gasteiger partial charge on any atom is -0.160 e. The van der Waals surface area contributed by atoms with Crippen molar-refractivity contribution in [1.82, 2.24) is 0 Å². The van der Waals surface area contributed by atoms with E-state index < -0.39 is 5.51 Å². The summed E-state index contributed by atoms with van der Waals surface area (Å²) in [4.78, 5) is 0. The van der Waals surface area contributed by atoms with E-state index in [-0.39, 0.29) is 17.0 Å². The van der Waals surface area contributed by atoms with Gasteiger partial charge in [-0.15, -0.1) is 0 Å². The van der Waals surface area contributed by atoms with Gasteiger partial charge in [-0.3, -0.25) is 0 Å². The molecule has 0 atom stereocenters. The fraction of sp³-hybridized carbons (Fsp3) is 1.00. The summed E-state index contributed by atoms with van der Waals surface area (Å²) in [7, 11) is 0. The fourth-order valence-corrected chi connectivity index (χ4v) is 2.26. The van der Waals surface area contributed by atoms with E-state index in [4.69, 9.17) is 0 Å². The maximum atomic E-state index is 12.1. The second-order valence-corrected chi connectivity index (χ2v) is 4.84. The highest BCUT2D eigenvalue weighted by molar-refractivity contribution is 8.00. The van der Waals surface area contributed by atoms with E-state index in [0.717, 1.165) is 25.7 Å². The Morgan fingerprint density at radius 2 is 1.43 bits per heavy atom. The summed E-state index contributed by atoms with van der Waals surface area (Å²) in [5, 5.41) is -0.227. The van der Waals surface area contributed by atoms with Gasteiger partial charge < -0.3 is 0 Å². The molecular formula is C10H19F3S. The average molecular weight is 228 g/mol. The van der Waals surface area contributed by atoms with Crippen molar-refractivity contribution < 1.29 is 13.2 Å². The molecule has 0 spiro atoms. The molecule has 0 saturated heterocycles. The van der Waals surface area contributed by atoms with Crippen LogP contribution >= 0.6 is 11.8 Å². The summed E-state index contributed by atoms with van der Waals surface area (Å²) in [5.74, 6) is 0. The van der Waals surface area contributed by atoms with Gasteiger partial charge in [0.05, 0.1) is 0 Å². The van der Waals surface area contributed by atoms with Gasteiger partial charge in [-0.1, -0.05) is 39.5 Å². The van der Waals surface area contributed by atoms with Crippen LogP contribution in [0.4, 0.5) is 13.2 Å². The molecule has 0 aliphatic carbocycles. The lowest BCUT2D eigenvalue weighted by Crippen LogP contribution is -2.12. The number of rotatable bonds is 7. The number of hydrogen-bond acceptors (Lipinski definition) is 1. The van der Waals surface area contributed by atoms with Gasteiger partial charge in [-0.2, -0.15) is 13.2 Å². The number of alkyl halides is 3. The Bertz CT molecular complexity index is 126. The van der Waals surface area contributed by atoms with Gasteiger partial charge in [0.2, 0.25) is 0 Å². The first-order valence-corrected chi connectivity index (χ1v) is 6.12. The van der Waals surface area contributed by atoms with E-state index in [9.17, 15) is 13.2 Å². The van der Waals surface area contributed by atoms with E-state index >= 15 is 0 Å². The van der Waals surface area contributed by atoms with Crippen LogP contribution in [0.15, 0.2) is 0 Å². The summed E-state index contributed by atoms with van der Waals surface area (Å²) < 4.78 is 36.4. The quantitative estimate of drug-likeness (QED) is 0.591. The van der Waals surface area contributed by atoms with Crippen LogP contribution in [0.3, 0.4) is 0 Å². The van der Waals surface area contributed by atoms with Crippen molar-refractivity contribution in [1.29, 1.82) is 0 Å². The Kier molecular flexibility index (Phi) is 7.51. The van der Waals surface area contributed by atoms with Crippen LogP contribution in [0.1, 0.15) is 52.4 Å². The molecule has 0 nitrogen and oxygen atoms in total. The highest BCUT2D eigenvalue weighted by Gasteiger charge is 2.32. The molecule has 14 heavy (non-hydrogen) atoms. The van der Waals surface area contributed by atoms with Crippen molar-refractivity contribution in [3.8, 4) is 0 Å². The molecule has 0 rings (SSSR count). The van der Waals surface area contributed by atoms with Crippen LogP contribution in [0.25, 0.3) is 0 Å². The molecular weight excluding hydrogens is 209 g/mol. The Morgan fingerprint density at radius 1 is 1.00 bits per heavy atom. The lowest BCUT2D eigenvalue weighted by Gasteiger charge is -2.17. The van der Waals surface area contributed by atoms with Gasteiger partial charge in [0.1, 0.15) is 0 Å². The van der Waals surface area contributed by atoms with Crippen LogP contribution in [-0.2, 0) is 0 Å². The van der Waals surface area contributed by atoms with Crippen molar-refractivity contribution >= 4 is 11.8 Å². The van der Waals surface area contributed by atoms with Crippen molar-refractivity contribution in [3.05, 3.63) is 0 Å². The average Bonchev–Trinajstić information content (AvgIpc) is 2.07. The zero-order valence-corrected chi connectivity index (χ0v) is 9.68. The summed E-state index contributed by atoms with van der Waals surface area (Å²) in [5.41, 5.74) is -4.06. The smallest absolute Gasteiger partial charge is 0.160 e. The lowest BCUT2D eigenvalue weighted by molar-refractivity contribution is -0.0335. The molecule has 0 N–H and O–H groups in total. The molecule has 0 amide bonds. The van der Waals surface area contributed by atoms with E-state index in [1.165, 1.54) is 0 Å². The normalized spacial score (nSPS) is 12.4. The molecule has 0 saturated carbocycles. The SMILES string of the molecule is CCCCC(CCCC)SC(F)(F)F. The number of unbranched alkanes of at least 4 members (excludes halogenated alkanes) is 2. The Hall–Kier alpha value is 0.140. The van der Waals surface area contributed by atoms with Crippen molar-refractivity contribution in [2.75, 3.05) is 0 Å². The third-order valence-corrected chi connectivity index (χ3v) is 3.13. The van der Waals surface area contributed by atoms with Crippen LogP contribution in [0.5, 0.6) is 0 Å². The maximum absolute atomic E-state index is 12.1. The Labute approximate surface area is 88.6 Å². The molecule has 0 heterocycles. The predicted molar refractivity (Wildman–Crippen MR) is 56.5 cm³/mol. The summed E-state index contributed by atoms with van der Waals surface area (Å²) >= 11 is 0.182. The van der Waals surface area contributed by atoms with Crippen LogP contribution in [0, 0.1) is 0 Å². The molecule has 0 fully saturated rings. The first-order chi connectivity index (χ1) is 6.49. The van der Waals surface area contributed by atoms with Gasteiger partial charge in [-0.25, -0.2) is 0 Å². The third-order valence-electron chi connectivity index (χ3n) is 2.06. The zero-order valence-electron chi connectivity index (χ0n) is 8.86. The van der Waals surface area contributed by atoms with Crippen LogP contribution < -0.4 is 0 Å². The lowest BCUT2D eigenvalue weighted by atomic mass is 10.1. The van der Waals surface area contributed by atoms with Crippen molar-refractivity contribution in [2.45, 2.75) is 63.1 Å². The van der Waals surface area contributed by atoms with Gasteiger partial charge in [0.25, 0.3) is 0 Å². The second kappa shape index (κ2) is 7.43. The van der Waals surface area contributed by atoms with E-state index in [1.807, 2.05) is 13.8 Å². The zero-order chi connectivity index (χ0) is 11.0. The monoisotopic (exact) mass is 228 g/mol. The van der Waals surface area contributed by atoms with Gasteiger partial charge in [0, 0.05) is 5.25 Å². The molecule has 0 aliphatic rings. The molecule has 0 aliphatic heterocycles. The second-order valence-electron chi connectivity index (χ2n) is 3.47. The highest BCUT2D eigenvalue weighted by atomic mass is 32.2. The van der Waals surface area contributed by atoms with Crippen LogP contribution in [0.2, 0.25) is 0 Å². The fourth-order valence-electron chi connectivity index (χ4n) is 1.31. The minimum atomic E-state index is -4.06. The standard InChI is InChI=1S/C10H19F3S/c1-3-5-7-9(8-6-4-2)14-10(11,12)13/h9H,3-8H2,1-2H3. The number of thioether (sulfide) groups is 1. The van der Waals surface area contributed by atoms with E-state index in [2.05, 4.69) is 0 Å². The molecule has 0 aromatic carbocycles. The first-order valence-electron chi connectivity index (χ1n) is 5.24. The molecule has 86 valence electrons. The molecule has 0 aromatic heterocycles. The minimum absolute atomic E-state index is 0.182. The Morgan fingerprint density at radius 3 is 1.71 bits per heavy atom. The largest absolute Gasteiger partial charge is 0.442 e. The van der Waals surface area contributed by atoms with Gasteiger partial charge >= 0.3 is 5.51 Å². The van der Waals surface area contributed by atoms with Crippen molar-refractivity contribution in [3.63, 3.8) is 0 Å². The third kappa shape index (κ3) is 8.73. The van der Waals surface area contributed by atoms with Crippen LogP contribution in [-0.4, -0.2) is 10.8 Å².